The van der Waals surface area contributed by atoms with Crippen molar-refractivity contribution in [3.05, 3.63) is 0 Å². The van der Waals surface area contributed by atoms with Crippen molar-refractivity contribution in [1.82, 2.24) is 10.2 Å². The largest absolute Gasteiger partial charge is 0.374 e. The summed E-state index contributed by atoms with van der Waals surface area (Å²) < 4.78 is 6.10. The van der Waals surface area contributed by atoms with Crippen LogP contribution in [0.25, 0.3) is 0 Å². The minimum absolute atomic E-state index is 0.354. The molecule has 0 saturated carbocycles. The summed E-state index contributed by atoms with van der Waals surface area (Å²) in [5.74, 6) is 0.726. The summed E-state index contributed by atoms with van der Waals surface area (Å²) in [4.78, 5) is 2.55. The van der Waals surface area contributed by atoms with Gasteiger partial charge < -0.3 is 10.1 Å². The summed E-state index contributed by atoms with van der Waals surface area (Å²) >= 11 is 0. The van der Waals surface area contributed by atoms with E-state index in [4.69, 9.17) is 4.74 Å². The molecule has 0 aliphatic carbocycles. The zero-order valence-electron chi connectivity index (χ0n) is 13.6. The summed E-state index contributed by atoms with van der Waals surface area (Å²) in [5.41, 5.74) is 0. The monoisotopic (exact) mass is 270 g/mol. The van der Waals surface area contributed by atoms with E-state index < -0.39 is 0 Å². The number of hydrogen-bond acceptors (Lipinski definition) is 3. The number of nitrogens with zero attached hydrogens (tertiary/aromatic N) is 1. The first-order valence-corrected chi connectivity index (χ1v) is 8.22. The van der Waals surface area contributed by atoms with Crippen LogP contribution in [0.5, 0.6) is 0 Å². The molecule has 1 aliphatic heterocycles. The number of hydrogen-bond donors (Lipinski definition) is 1. The van der Waals surface area contributed by atoms with E-state index in [1.807, 2.05) is 0 Å². The molecule has 1 aliphatic rings. The van der Waals surface area contributed by atoms with Crippen molar-refractivity contribution in [2.24, 2.45) is 5.92 Å². The number of rotatable bonds is 8. The zero-order chi connectivity index (χ0) is 14.3. The van der Waals surface area contributed by atoms with E-state index in [1.54, 1.807) is 0 Å². The number of ether oxygens (including phenoxy) is 1. The summed E-state index contributed by atoms with van der Waals surface area (Å²) in [6.45, 7) is 15.6. The second kappa shape index (κ2) is 8.93. The predicted octanol–water partition coefficient (Wildman–Crippen LogP) is 2.90. The minimum atomic E-state index is 0.354. The van der Waals surface area contributed by atoms with Gasteiger partial charge in [-0.15, -0.1) is 0 Å². The fourth-order valence-corrected chi connectivity index (χ4v) is 3.09. The second-order valence-corrected chi connectivity index (χ2v) is 6.05. The van der Waals surface area contributed by atoms with E-state index in [2.05, 4.69) is 44.8 Å². The maximum Gasteiger partial charge on any atom is 0.0858 e. The highest BCUT2D eigenvalue weighted by Gasteiger charge is 2.32. The van der Waals surface area contributed by atoms with Crippen molar-refractivity contribution >= 4 is 0 Å². The van der Waals surface area contributed by atoms with E-state index in [1.165, 1.54) is 19.3 Å². The Balaban J connectivity index is 2.66. The first-order valence-electron chi connectivity index (χ1n) is 8.22. The van der Waals surface area contributed by atoms with Crippen LogP contribution in [0.2, 0.25) is 0 Å². The Morgan fingerprint density at radius 2 is 1.89 bits per heavy atom. The third-order valence-electron chi connectivity index (χ3n) is 4.44. The predicted molar refractivity (Wildman–Crippen MR) is 82.6 cm³/mol. The van der Waals surface area contributed by atoms with Crippen LogP contribution in [0, 0.1) is 5.92 Å². The fourth-order valence-electron chi connectivity index (χ4n) is 3.09. The van der Waals surface area contributed by atoms with E-state index >= 15 is 0 Å². The van der Waals surface area contributed by atoms with E-state index in [0.29, 0.717) is 18.2 Å². The van der Waals surface area contributed by atoms with Crippen LogP contribution in [0.4, 0.5) is 0 Å². The Bertz CT molecular complexity index is 229. The van der Waals surface area contributed by atoms with Crippen molar-refractivity contribution in [2.75, 3.05) is 26.2 Å². The molecule has 19 heavy (non-hydrogen) atoms. The Morgan fingerprint density at radius 1 is 1.21 bits per heavy atom. The fraction of sp³-hybridized carbons (Fsp3) is 1.00. The Hall–Kier alpha value is -0.120. The molecule has 0 spiro atoms. The van der Waals surface area contributed by atoms with Crippen molar-refractivity contribution in [3.8, 4) is 0 Å². The lowest BCUT2D eigenvalue weighted by Gasteiger charge is -2.41. The highest BCUT2D eigenvalue weighted by Crippen LogP contribution is 2.21. The quantitative estimate of drug-likeness (QED) is 0.734. The summed E-state index contributed by atoms with van der Waals surface area (Å²) in [7, 11) is 0. The normalized spacial score (nSPS) is 23.2. The van der Waals surface area contributed by atoms with Crippen LogP contribution < -0.4 is 5.32 Å². The molecule has 1 N–H and O–H groups in total. The molecule has 0 radical (unpaired) electrons. The molecule has 1 heterocycles. The van der Waals surface area contributed by atoms with Crippen molar-refractivity contribution < 1.29 is 4.74 Å². The number of nitrogens with one attached hydrogen (secondary N) is 1. The van der Waals surface area contributed by atoms with Crippen molar-refractivity contribution in [1.29, 1.82) is 0 Å². The zero-order valence-corrected chi connectivity index (χ0v) is 13.6. The van der Waals surface area contributed by atoms with Gasteiger partial charge in [-0.3, -0.25) is 4.90 Å². The standard InChI is InChI=1S/C16H34N2O/c1-6-9-17-16(14(7-2)8-3)15-12-18(13(4)5)10-11-19-15/h13-17H,6-12H2,1-5H3. The minimum Gasteiger partial charge on any atom is -0.374 e. The van der Waals surface area contributed by atoms with Gasteiger partial charge in [0.15, 0.2) is 0 Å². The molecule has 114 valence electrons. The average Bonchev–Trinajstić information content (AvgIpc) is 2.43. The molecule has 2 unspecified atom stereocenters. The maximum atomic E-state index is 6.10. The first kappa shape index (κ1) is 16.9. The summed E-state index contributed by atoms with van der Waals surface area (Å²) in [5, 5.41) is 3.75. The molecule has 0 aromatic heterocycles. The Morgan fingerprint density at radius 3 is 2.42 bits per heavy atom. The van der Waals surface area contributed by atoms with Crippen molar-refractivity contribution in [3.63, 3.8) is 0 Å². The SMILES string of the molecule is CCCNC(C(CC)CC)C1CN(C(C)C)CCO1. The van der Waals surface area contributed by atoms with Crippen molar-refractivity contribution in [2.45, 2.75) is 72.1 Å². The molecular weight excluding hydrogens is 236 g/mol. The van der Waals surface area contributed by atoms with Gasteiger partial charge in [0.2, 0.25) is 0 Å². The number of morpholine rings is 1. The smallest absolute Gasteiger partial charge is 0.0858 e. The van der Waals surface area contributed by atoms with Crippen LogP contribution in [-0.4, -0.2) is 49.3 Å². The van der Waals surface area contributed by atoms with Gasteiger partial charge in [-0.05, 0) is 32.7 Å². The van der Waals surface area contributed by atoms with Crippen LogP contribution in [0.15, 0.2) is 0 Å². The molecule has 0 bridgehead atoms. The molecule has 0 aromatic rings. The highest BCUT2D eigenvalue weighted by molar-refractivity contribution is 4.88. The van der Waals surface area contributed by atoms with Gasteiger partial charge in [-0.1, -0.05) is 33.6 Å². The van der Waals surface area contributed by atoms with Gasteiger partial charge in [0.1, 0.15) is 0 Å². The third-order valence-corrected chi connectivity index (χ3v) is 4.44. The average molecular weight is 270 g/mol. The maximum absolute atomic E-state index is 6.10. The Labute approximate surface area is 120 Å². The molecule has 1 fully saturated rings. The van der Waals surface area contributed by atoms with Crippen LogP contribution in [-0.2, 0) is 4.74 Å². The van der Waals surface area contributed by atoms with E-state index in [-0.39, 0.29) is 0 Å². The molecule has 0 aromatic carbocycles. The van der Waals surface area contributed by atoms with Gasteiger partial charge in [-0.25, -0.2) is 0 Å². The molecular formula is C16H34N2O. The molecule has 3 heteroatoms. The second-order valence-electron chi connectivity index (χ2n) is 6.05. The molecule has 1 rings (SSSR count). The van der Waals surface area contributed by atoms with Gasteiger partial charge >= 0.3 is 0 Å². The summed E-state index contributed by atoms with van der Waals surface area (Å²) in [6, 6.07) is 1.14. The van der Waals surface area contributed by atoms with Gasteiger partial charge in [-0.2, -0.15) is 0 Å². The molecule has 0 amide bonds. The lowest BCUT2D eigenvalue weighted by atomic mass is 9.89. The Kier molecular flexibility index (Phi) is 7.96. The summed E-state index contributed by atoms with van der Waals surface area (Å²) in [6.07, 6.45) is 4.02. The van der Waals surface area contributed by atoms with E-state index in [9.17, 15) is 0 Å². The highest BCUT2D eigenvalue weighted by atomic mass is 16.5. The van der Waals surface area contributed by atoms with Gasteiger partial charge in [0.25, 0.3) is 0 Å². The molecule has 2 atom stereocenters. The van der Waals surface area contributed by atoms with Crippen LogP contribution in [0.3, 0.4) is 0 Å². The topological polar surface area (TPSA) is 24.5 Å². The van der Waals surface area contributed by atoms with Gasteiger partial charge in [0, 0.05) is 25.2 Å². The third kappa shape index (κ3) is 5.05. The lowest BCUT2D eigenvalue weighted by molar-refractivity contribution is -0.0653. The van der Waals surface area contributed by atoms with E-state index in [0.717, 1.165) is 32.2 Å². The van der Waals surface area contributed by atoms with Gasteiger partial charge in [0.05, 0.1) is 12.7 Å². The lowest BCUT2D eigenvalue weighted by Crippen LogP contribution is -2.56. The molecule has 3 nitrogen and oxygen atoms in total. The van der Waals surface area contributed by atoms with Crippen LogP contribution >= 0.6 is 0 Å². The van der Waals surface area contributed by atoms with Crippen LogP contribution in [0.1, 0.15) is 53.9 Å². The first-order chi connectivity index (χ1) is 9.13. The molecule has 1 saturated heterocycles.